The molecule has 1 fully saturated rings. The number of nitrogens with one attached hydrogen (secondary N) is 1. The number of alkyl carbamates (subject to hydrolysis) is 1. The highest BCUT2D eigenvalue weighted by atomic mass is 16.6. The first kappa shape index (κ1) is 35.5. The highest BCUT2D eigenvalue weighted by molar-refractivity contribution is 5.89. The molecule has 1 saturated carbocycles. The number of allylic oxidation sites excluding steroid dienone is 4. The van der Waals surface area contributed by atoms with Crippen molar-refractivity contribution in [2.75, 3.05) is 13.7 Å². The Morgan fingerprint density at radius 3 is 2.50 bits per heavy atom. The fourth-order valence-corrected chi connectivity index (χ4v) is 7.98. The Balaban J connectivity index is 1.46. The Kier molecular flexibility index (Phi) is 11.3. The number of hydrogen-bond donors (Lipinski definition) is 1. The highest BCUT2D eigenvalue weighted by Gasteiger charge is 2.51. The van der Waals surface area contributed by atoms with Gasteiger partial charge in [0, 0.05) is 25.0 Å². The van der Waals surface area contributed by atoms with Crippen molar-refractivity contribution >= 4 is 18.0 Å². The summed E-state index contributed by atoms with van der Waals surface area (Å²) in [5.41, 5.74) is 5.07. The molecule has 0 aliphatic heterocycles. The van der Waals surface area contributed by atoms with Crippen LogP contribution in [0, 0.1) is 11.3 Å². The lowest BCUT2D eigenvalue weighted by Gasteiger charge is -2.55. The number of ether oxygens (including phenoxy) is 3. The zero-order valence-electron chi connectivity index (χ0n) is 29.3. The first-order valence-electron chi connectivity index (χ1n) is 17.1. The number of carbonyl (C=O) groups is 3. The van der Waals surface area contributed by atoms with E-state index in [4.69, 9.17) is 14.2 Å². The van der Waals surface area contributed by atoms with Crippen LogP contribution in [0.2, 0.25) is 0 Å². The molecule has 0 aromatic heterocycles. The van der Waals surface area contributed by atoms with Crippen molar-refractivity contribution in [1.29, 1.82) is 0 Å². The number of hydrogen-bond acceptors (Lipinski definition) is 6. The van der Waals surface area contributed by atoms with Crippen molar-refractivity contribution in [3.05, 3.63) is 70.3 Å². The number of carbonyl (C=O) groups excluding carboxylic acids is 3. The van der Waals surface area contributed by atoms with E-state index in [9.17, 15) is 14.4 Å². The number of fused-ring (bicyclic) bond motifs is 3. The number of benzene rings is 1. The number of rotatable bonds is 10. The minimum Gasteiger partial charge on any atom is -0.466 e. The van der Waals surface area contributed by atoms with Crippen molar-refractivity contribution in [3.63, 3.8) is 0 Å². The van der Waals surface area contributed by atoms with Crippen molar-refractivity contribution < 1.29 is 28.6 Å². The SMILES string of the molecule is COC(=O)C1=CC=CC=C(C(CCCC(=O)OC(C)(C)C)OC(=O)NC[C@]2(C)CCC[C@]3(C)c4ccc(C(C)C)cc4CC[C@@H]23)C1. The fraction of sp³-hybridized carbons (Fsp3) is 0.615. The summed E-state index contributed by atoms with van der Waals surface area (Å²) in [5.74, 6) is 0.246. The zero-order chi connectivity index (χ0) is 33.7. The lowest BCUT2D eigenvalue weighted by Crippen LogP contribution is -2.53. The molecular weight excluding hydrogens is 578 g/mol. The van der Waals surface area contributed by atoms with Gasteiger partial charge in [-0.3, -0.25) is 4.79 Å². The molecule has 3 aliphatic carbocycles. The van der Waals surface area contributed by atoms with E-state index in [-0.39, 0.29) is 23.2 Å². The van der Waals surface area contributed by atoms with Crippen molar-refractivity contribution in [3.8, 4) is 0 Å². The number of amides is 1. The van der Waals surface area contributed by atoms with Crippen molar-refractivity contribution in [1.82, 2.24) is 5.32 Å². The molecule has 0 radical (unpaired) electrons. The Morgan fingerprint density at radius 1 is 1.07 bits per heavy atom. The quantitative estimate of drug-likeness (QED) is 0.206. The van der Waals surface area contributed by atoms with Crippen LogP contribution in [-0.2, 0) is 35.6 Å². The van der Waals surface area contributed by atoms with Gasteiger partial charge in [-0.1, -0.05) is 76.6 Å². The first-order valence-corrected chi connectivity index (χ1v) is 17.1. The third kappa shape index (κ3) is 8.51. The molecule has 4 rings (SSSR count). The molecule has 0 saturated heterocycles. The molecule has 7 heteroatoms. The molecule has 1 aromatic carbocycles. The third-order valence-corrected chi connectivity index (χ3v) is 10.3. The average Bonchev–Trinajstić information content (AvgIpc) is 3.24. The third-order valence-electron chi connectivity index (χ3n) is 10.3. The molecule has 46 heavy (non-hydrogen) atoms. The fourth-order valence-electron chi connectivity index (χ4n) is 7.98. The topological polar surface area (TPSA) is 90.9 Å². The smallest absolute Gasteiger partial charge is 0.407 e. The number of aryl methyl sites for hydroxylation is 1. The Bertz CT molecular complexity index is 1380. The normalized spacial score (nSPS) is 24.8. The second-order valence-electron chi connectivity index (χ2n) is 15.3. The largest absolute Gasteiger partial charge is 0.466 e. The molecule has 1 unspecified atom stereocenters. The van der Waals surface area contributed by atoms with Gasteiger partial charge in [0.1, 0.15) is 11.7 Å². The summed E-state index contributed by atoms with van der Waals surface area (Å²) in [7, 11) is 1.36. The van der Waals surface area contributed by atoms with Crippen LogP contribution >= 0.6 is 0 Å². The summed E-state index contributed by atoms with van der Waals surface area (Å²) in [6.45, 7) is 15.3. The highest BCUT2D eigenvalue weighted by Crippen LogP contribution is 2.57. The molecule has 252 valence electrons. The van der Waals surface area contributed by atoms with Crippen LogP contribution in [-0.4, -0.2) is 43.4 Å². The average molecular weight is 634 g/mol. The molecular formula is C39H55NO6. The van der Waals surface area contributed by atoms with Crippen molar-refractivity contribution in [2.24, 2.45) is 11.3 Å². The second kappa shape index (κ2) is 14.6. The summed E-state index contributed by atoms with van der Waals surface area (Å²) >= 11 is 0. The maximum Gasteiger partial charge on any atom is 0.407 e. The second-order valence-corrected chi connectivity index (χ2v) is 15.3. The minimum absolute atomic E-state index is 0.0694. The predicted octanol–water partition coefficient (Wildman–Crippen LogP) is 8.41. The van der Waals surface area contributed by atoms with Crippen molar-refractivity contribution in [2.45, 2.75) is 129 Å². The maximum absolute atomic E-state index is 13.5. The molecule has 1 amide bonds. The Labute approximate surface area is 276 Å². The molecule has 1 aromatic rings. The lowest BCUT2D eigenvalue weighted by molar-refractivity contribution is -0.155. The molecule has 4 atom stereocenters. The van der Waals surface area contributed by atoms with Crippen LogP contribution in [0.15, 0.2) is 53.6 Å². The predicted molar refractivity (Wildman–Crippen MR) is 182 cm³/mol. The molecule has 7 nitrogen and oxygen atoms in total. The van der Waals surface area contributed by atoms with Gasteiger partial charge in [-0.25, -0.2) is 9.59 Å². The van der Waals surface area contributed by atoms with E-state index >= 15 is 0 Å². The number of esters is 2. The van der Waals surface area contributed by atoms with E-state index in [1.165, 1.54) is 23.8 Å². The van der Waals surface area contributed by atoms with Crippen LogP contribution in [0.1, 0.15) is 122 Å². The van der Waals surface area contributed by atoms with E-state index in [2.05, 4.69) is 51.2 Å². The van der Waals surface area contributed by atoms with Gasteiger partial charge in [-0.05, 0) is 104 Å². The maximum atomic E-state index is 13.5. The van der Waals surface area contributed by atoms with E-state index < -0.39 is 23.8 Å². The molecule has 1 N–H and O–H groups in total. The summed E-state index contributed by atoms with van der Waals surface area (Å²) in [6, 6.07) is 7.10. The van der Waals surface area contributed by atoms with Crippen LogP contribution in [0.3, 0.4) is 0 Å². The van der Waals surface area contributed by atoms with Gasteiger partial charge in [-0.2, -0.15) is 0 Å². The summed E-state index contributed by atoms with van der Waals surface area (Å²) in [6.07, 6.45) is 13.0. The van der Waals surface area contributed by atoms with Gasteiger partial charge in [0.25, 0.3) is 0 Å². The molecule has 0 heterocycles. The van der Waals surface area contributed by atoms with E-state index in [1.807, 2.05) is 32.9 Å². The minimum atomic E-state index is -0.612. The monoisotopic (exact) mass is 633 g/mol. The zero-order valence-corrected chi connectivity index (χ0v) is 29.3. The van der Waals surface area contributed by atoms with Gasteiger partial charge >= 0.3 is 18.0 Å². The summed E-state index contributed by atoms with van der Waals surface area (Å²) < 4.78 is 16.5. The van der Waals surface area contributed by atoms with Crippen LogP contribution in [0.25, 0.3) is 0 Å². The molecule has 3 aliphatic rings. The van der Waals surface area contributed by atoms with Gasteiger partial charge < -0.3 is 19.5 Å². The molecule has 0 spiro atoms. The lowest BCUT2D eigenvalue weighted by atomic mass is 9.49. The van der Waals surface area contributed by atoms with Crippen LogP contribution < -0.4 is 5.32 Å². The Morgan fingerprint density at radius 2 is 1.80 bits per heavy atom. The van der Waals surface area contributed by atoms with Gasteiger partial charge in [0.2, 0.25) is 0 Å². The van der Waals surface area contributed by atoms with Crippen LogP contribution in [0.5, 0.6) is 0 Å². The Hall–Kier alpha value is -3.35. The molecule has 0 bridgehead atoms. The summed E-state index contributed by atoms with van der Waals surface area (Å²) in [4.78, 5) is 38.3. The van der Waals surface area contributed by atoms with Gasteiger partial charge in [0.15, 0.2) is 0 Å². The van der Waals surface area contributed by atoms with Gasteiger partial charge in [-0.15, -0.1) is 0 Å². The van der Waals surface area contributed by atoms with E-state index in [1.54, 1.807) is 12.2 Å². The summed E-state index contributed by atoms with van der Waals surface area (Å²) in [5, 5.41) is 3.15. The van der Waals surface area contributed by atoms with Crippen LogP contribution in [0.4, 0.5) is 4.79 Å². The first-order chi connectivity index (χ1) is 21.6. The van der Waals surface area contributed by atoms with E-state index in [0.717, 1.165) is 37.7 Å². The number of methoxy groups -OCH3 is 1. The van der Waals surface area contributed by atoms with E-state index in [0.29, 0.717) is 43.2 Å². The van der Waals surface area contributed by atoms with Gasteiger partial charge in [0.05, 0.1) is 7.11 Å². The standard InChI is InChI=1S/C39H55NO6/c1-26(2)27-17-19-31-28(23-27)18-20-33-38(6,21-12-22-39(31,33)7)25-40-36(43)45-32(15-11-16-34(41)46-37(3,4)5)29-13-9-10-14-30(24-29)35(42)44-8/h9-10,13-14,17,19,23,26,32-33H,11-12,15-16,18,20-22,24-25H2,1-8H3,(H,40,43)/t32?,33-,38-,39+/m0/s1.